The summed E-state index contributed by atoms with van der Waals surface area (Å²) >= 11 is 2.55. The zero-order valence-corrected chi connectivity index (χ0v) is 25.1. The maximum absolute atomic E-state index is 14.2. The number of Topliss-reactive ketones (excluding diaryl/α,β-unsaturated/α-hetero) is 1. The summed E-state index contributed by atoms with van der Waals surface area (Å²) < 4.78 is 89.1. The third-order valence-electron chi connectivity index (χ3n) is 6.77. The molecule has 4 N–H and O–H groups in total. The number of aryl methyl sites for hydroxylation is 1. The van der Waals surface area contributed by atoms with E-state index in [1.807, 2.05) is 18.2 Å². The number of carbonyl (C=O) groups is 1. The van der Waals surface area contributed by atoms with Crippen LogP contribution in [0.5, 0.6) is 0 Å². The SMILES string of the molecule is Cc1ccc2nc(-c3ccc4nc(-c5ccc(CC(=O)c6c(F)cccc6C(F)(F)F)cc5)sc4c3)sc2c1S(=O)(=O)O.N. The summed E-state index contributed by atoms with van der Waals surface area (Å²) in [6.45, 7) is 1.60. The fourth-order valence-corrected chi connectivity index (χ4v) is 8.09. The molecule has 6 aromatic rings. The van der Waals surface area contributed by atoms with E-state index in [9.17, 15) is 35.3 Å². The number of rotatable bonds is 6. The molecule has 0 fully saturated rings. The summed E-state index contributed by atoms with van der Waals surface area (Å²) in [5.41, 5.74) is 1.17. The van der Waals surface area contributed by atoms with E-state index in [0.29, 0.717) is 48.5 Å². The lowest BCUT2D eigenvalue weighted by Gasteiger charge is -2.12. The van der Waals surface area contributed by atoms with Crippen LogP contribution in [-0.2, 0) is 22.7 Å². The second-order valence-corrected chi connectivity index (χ2v) is 13.1. The molecule has 7 nitrogen and oxygen atoms in total. The van der Waals surface area contributed by atoms with Crippen molar-refractivity contribution < 1.29 is 35.3 Å². The molecule has 0 bridgehead atoms. The lowest BCUT2D eigenvalue weighted by molar-refractivity contribution is -0.138. The molecule has 2 heterocycles. The van der Waals surface area contributed by atoms with Gasteiger partial charge < -0.3 is 6.15 Å². The van der Waals surface area contributed by atoms with Crippen LogP contribution in [0.4, 0.5) is 17.6 Å². The van der Waals surface area contributed by atoms with Gasteiger partial charge in [-0.25, -0.2) is 14.4 Å². The molecular formula is C30H21F4N3O4S3. The van der Waals surface area contributed by atoms with E-state index >= 15 is 0 Å². The molecule has 44 heavy (non-hydrogen) atoms. The molecule has 4 aromatic carbocycles. The number of aromatic nitrogens is 2. The number of alkyl halides is 3. The van der Waals surface area contributed by atoms with Gasteiger partial charge in [-0.1, -0.05) is 36.4 Å². The molecule has 0 spiro atoms. The smallest absolute Gasteiger partial charge is 0.344 e. The van der Waals surface area contributed by atoms with Crippen molar-refractivity contribution in [2.75, 3.05) is 0 Å². The predicted octanol–water partition coefficient (Wildman–Crippen LogP) is 8.54. The predicted molar refractivity (Wildman–Crippen MR) is 163 cm³/mol. The molecule has 0 radical (unpaired) electrons. The summed E-state index contributed by atoms with van der Waals surface area (Å²) in [6, 6.07) is 17.8. The second kappa shape index (κ2) is 11.4. The number of fused-ring (bicyclic) bond motifs is 2. The number of thiazole rings is 2. The van der Waals surface area contributed by atoms with Gasteiger partial charge in [-0.2, -0.15) is 21.6 Å². The van der Waals surface area contributed by atoms with Gasteiger partial charge in [0.2, 0.25) is 0 Å². The van der Waals surface area contributed by atoms with Gasteiger partial charge in [0.1, 0.15) is 20.7 Å². The van der Waals surface area contributed by atoms with E-state index in [0.717, 1.165) is 33.7 Å². The van der Waals surface area contributed by atoms with Crippen LogP contribution in [0.25, 0.3) is 41.6 Å². The molecule has 0 unspecified atom stereocenters. The molecule has 6 rings (SSSR count). The molecule has 0 aliphatic rings. The minimum atomic E-state index is -4.86. The summed E-state index contributed by atoms with van der Waals surface area (Å²) in [5.74, 6) is -2.19. The van der Waals surface area contributed by atoms with E-state index in [-0.39, 0.29) is 11.0 Å². The Labute approximate surface area is 256 Å². The first kappa shape index (κ1) is 31.3. The average Bonchev–Trinajstić information content (AvgIpc) is 3.56. The number of hydrogen-bond acceptors (Lipinski definition) is 8. The molecular weight excluding hydrogens is 639 g/mol. The quantitative estimate of drug-likeness (QED) is 0.104. The minimum Gasteiger partial charge on any atom is -0.344 e. The monoisotopic (exact) mass is 659 g/mol. The minimum absolute atomic E-state index is 0. The average molecular weight is 660 g/mol. The maximum atomic E-state index is 14.2. The molecule has 0 aliphatic carbocycles. The van der Waals surface area contributed by atoms with Crippen molar-refractivity contribution in [2.45, 2.75) is 24.4 Å². The topological polar surface area (TPSA) is 132 Å². The highest BCUT2D eigenvalue weighted by Crippen LogP contribution is 2.39. The molecule has 2 aromatic heterocycles. The van der Waals surface area contributed by atoms with Crippen molar-refractivity contribution >= 4 is 59.0 Å². The fraction of sp³-hybridized carbons (Fsp3) is 0.100. The van der Waals surface area contributed by atoms with Crippen LogP contribution in [-0.4, -0.2) is 28.7 Å². The van der Waals surface area contributed by atoms with Gasteiger partial charge >= 0.3 is 6.18 Å². The lowest BCUT2D eigenvalue weighted by Crippen LogP contribution is -2.16. The first-order valence-electron chi connectivity index (χ1n) is 12.6. The van der Waals surface area contributed by atoms with Crippen molar-refractivity contribution in [1.82, 2.24) is 16.1 Å². The number of carbonyl (C=O) groups excluding carboxylic acids is 1. The van der Waals surface area contributed by atoms with E-state index in [4.69, 9.17) is 0 Å². The summed E-state index contributed by atoms with van der Waals surface area (Å²) in [6.07, 6.45) is -5.27. The Morgan fingerprint density at radius 3 is 2.20 bits per heavy atom. The summed E-state index contributed by atoms with van der Waals surface area (Å²) in [5, 5.41) is 1.23. The van der Waals surface area contributed by atoms with Crippen LogP contribution in [0.2, 0.25) is 0 Å². The Hall–Kier alpha value is -4.08. The number of benzene rings is 4. The Morgan fingerprint density at radius 2 is 1.52 bits per heavy atom. The Kier molecular flexibility index (Phi) is 8.16. The Balaban J connectivity index is 0.00000384. The van der Waals surface area contributed by atoms with Gasteiger partial charge in [0.15, 0.2) is 5.78 Å². The largest absolute Gasteiger partial charge is 0.417 e. The van der Waals surface area contributed by atoms with E-state index in [1.165, 1.54) is 11.3 Å². The normalized spacial score (nSPS) is 12.0. The highest BCUT2D eigenvalue weighted by molar-refractivity contribution is 7.86. The number of nitrogens with zero attached hydrogens (tertiary/aromatic N) is 2. The Bertz CT molecular complexity index is 2170. The van der Waals surface area contributed by atoms with Gasteiger partial charge in [0.25, 0.3) is 10.1 Å². The zero-order chi connectivity index (χ0) is 30.7. The van der Waals surface area contributed by atoms with Crippen LogP contribution in [0.1, 0.15) is 27.0 Å². The van der Waals surface area contributed by atoms with Crippen LogP contribution < -0.4 is 6.15 Å². The van der Waals surface area contributed by atoms with Crippen molar-refractivity contribution in [3.63, 3.8) is 0 Å². The van der Waals surface area contributed by atoms with Crippen LogP contribution in [0.15, 0.2) is 77.7 Å². The van der Waals surface area contributed by atoms with Gasteiger partial charge in [-0.3, -0.25) is 9.35 Å². The first-order chi connectivity index (χ1) is 20.3. The van der Waals surface area contributed by atoms with Gasteiger partial charge in [0, 0.05) is 17.5 Å². The van der Waals surface area contributed by atoms with E-state index < -0.39 is 45.4 Å². The maximum Gasteiger partial charge on any atom is 0.417 e. The van der Waals surface area contributed by atoms with Gasteiger partial charge in [-0.15, -0.1) is 22.7 Å². The molecule has 0 saturated carbocycles. The van der Waals surface area contributed by atoms with E-state index in [1.54, 1.807) is 43.3 Å². The molecule has 0 atom stereocenters. The lowest BCUT2D eigenvalue weighted by atomic mass is 9.97. The van der Waals surface area contributed by atoms with Crippen LogP contribution >= 0.6 is 22.7 Å². The number of halogens is 4. The number of ketones is 1. The molecule has 0 saturated heterocycles. The van der Waals surface area contributed by atoms with Crippen LogP contribution in [0.3, 0.4) is 0 Å². The highest BCUT2D eigenvalue weighted by Gasteiger charge is 2.36. The fourth-order valence-electron chi connectivity index (χ4n) is 4.77. The van der Waals surface area contributed by atoms with Crippen molar-refractivity contribution in [2.24, 2.45) is 0 Å². The standard InChI is InChI=1S/C30H18F4N2O4S3.H3N/c1-15-5-11-22-26(27(15)43(38,39)40)42-29(36-22)18-10-12-21-24(14-18)41-28(35-21)17-8-6-16(7-9-17)13-23(37)25-19(30(32,33)34)3-2-4-20(25)31;/h2-12,14H,13H2,1H3,(H,38,39,40);1H3. The van der Waals surface area contributed by atoms with Crippen molar-refractivity contribution in [1.29, 1.82) is 0 Å². The first-order valence-corrected chi connectivity index (χ1v) is 15.6. The molecule has 226 valence electrons. The van der Waals surface area contributed by atoms with Crippen molar-refractivity contribution in [3.8, 4) is 21.1 Å². The zero-order valence-electron chi connectivity index (χ0n) is 22.6. The van der Waals surface area contributed by atoms with E-state index in [2.05, 4.69) is 9.97 Å². The van der Waals surface area contributed by atoms with Crippen molar-refractivity contribution in [3.05, 3.63) is 101 Å². The Morgan fingerprint density at radius 1 is 0.886 bits per heavy atom. The molecule has 14 heteroatoms. The number of hydrogen-bond donors (Lipinski definition) is 2. The summed E-state index contributed by atoms with van der Waals surface area (Å²) in [4.78, 5) is 21.7. The van der Waals surface area contributed by atoms with Gasteiger partial charge in [-0.05, 0) is 54.4 Å². The second-order valence-electron chi connectivity index (χ2n) is 9.71. The van der Waals surface area contributed by atoms with Crippen LogP contribution in [0, 0.1) is 12.7 Å². The molecule has 0 amide bonds. The third-order valence-corrected chi connectivity index (χ3v) is 10.1. The third kappa shape index (κ3) is 5.86. The molecule has 0 aliphatic heterocycles. The summed E-state index contributed by atoms with van der Waals surface area (Å²) in [7, 11) is -4.44. The van der Waals surface area contributed by atoms with Gasteiger partial charge in [0.05, 0.1) is 31.6 Å². The highest BCUT2D eigenvalue weighted by atomic mass is 32.2.